The Hall–Kier alpha value is -2.56. The molecule has 0 aliphatic carbocycles. The molecule has 0 unspecified atom stereocenters. The minimum atomic E-state index is -1.04. The summed E-state index contributed by atoms with van der Waals surface area (Å²) >= 11 is 0. The fraction of sp³-hybridized carbons (Fsp3) is 0.250. The van der Waals surface area contributed by atoms with E-state index < -0.39 is 5.97 Å². The minimum absolute atomic E-state index is 0.0188. The van der Waals surface area contributed by atoms with E-state index in [9.17, 15) is 9.59 Å². The molecule has 2 N–H and O–H groups in total. The lowest BCUT2D eigenvalue weighted by molar-refractivity contribution is -0.116. The monoisotopic (exact) mass is 286 g/mol. The predicted octanol–water partition coefficient (Wildman–Crippen LogP) is 2.78. The van der Waals surface area contributed by atoms with Crippen LogP contribution in [0.15, 0.2) is 42.6 Å². The second-order valence-corrected chi connectivity index (χ2v) is 4.78. The number of hydrogen-bond donors (Lipinski definition) is 2. The molecule has 0 atom stereocenters. The molecule has 0 aliphatic heterocycles. The number of aromatic carboxylic acids is 1. The lowest BCUT2D eigenvalue weighted by atomic mass is 10.1. The highest BCUT2D eigenvalue weighted by atomic mass is 16.4. The smallest absolute Gasteiger partial charge is 0.352 e. The molecule has 21 heavy (non-hydrogen) atoms. The third kappa shape index (κ3) is 3.72. The summed E-state index contributed by atoms with van der Waals surface area (Å²) in [5.41, 5.74) is 1.97. The Bertz CT molecular complexity index is 646. The maximum atomic E-state index is 12.1. The van der Waals surface area contributed by atoms with Gasteiger partial charge in [-0.25, -0.2) is 4.79 Å². The van der Waals surface area contributed by atoms with Crippen molar-refractivity contribution >= 4 is 17.6 Å². The zero-order valence-electron chi connectivity index (χ0n) is 11.9. The molecule has 0 fully saturated rings. The van der Waals surface area contributed by atoms with Crippen molar-refractivity contribution in [3.05, 3.63) is 53.9 Å². The molecule has 1 aromatic carbocycles. The minimum Gasteiger partial charge on any atom is -0.477 e. The summed E-state index contributed by atoms with van der Waals surface area (Å²) in [5.74, 6) is -1.28. The Morgan fingerprint density at radius 3 is 2.67 bits per heavy atom. The maximum Gasteiger partial charge on any atom is 0.352 e. The summed E-state index contributed by atoms with van der Waals surface area (Å²) in [5, 5.41) is 11.9. The Morgan fingerprint density at radius 1 is 1.19 bits per heavy atom. The van der Waals surface area contributed by atoms with Crippen LogP contribution in [0.4, 0.5) is 5.69 Å². The van der Waals surface area contributed by atoms with E-state index in [1.165, 1.54) is 10.6 Å². The zero-order chi connectivity index (χ0) is 15.2. The first-order valence-electron chi connectivity index (χ1n) is 6.88. The molecule has 0 spiro atoms. The number of hydrogen-bond acceptors (Lipinski definition) is 2. The highest BCUT2D eigenvalue weighted by Gasteiger charge is 2.12. The van der Waals surface area contributed by atoms with Crippen LogP contribution in [-0.4, -0.2) is 21.6 Å². The van der Waals surface area contributed by atoms with E-state index >= 15 is 0 Å². The van der Waals surface area contributed by atoms with E-state index in [2.05, 4.69) is 12.2 Å². The first-order valence-corrected chi connectivity index (χ1v) is 6.88. The third-order valence-electron chi connectivity index (χ3n) is 3.17. The average Bonchev–Trinajstić information content (AvgIpc) is 2.89. The lowest BCUT2D eigenvalue weighted by Crippen LogP contribution is -2.21. The van der Waals surface area contributed by atoms with Crippen LogP contribution in [0, 0.1) is 0 Å². The third-order valence-corrected chi connectivity index (χ3v) is 3.17. The van der Waals surface area contributed by atoms with E-state index in [4.69, 9.17) is 5.11 Å². The fourth-order valence-electron chi connectivity index (χ4n) is 2.22. The molecule has 1 amide bonds. The van der Waals surface area contributed by atoms with Gasteiger partial charge in [0.1, 0.15) is 12.2 Å². The first-order chi connectivity index (χ1) is 10.1. The highest BCUT2D eigenvalue weighted by Crippen LogP contribution is 2.17. The second-order valence-electron chi connectivity index (χ2n) is 4.78. The van der Waals surface area contributed by atoms with Crippen LogP contribution in [0.3, 0.4) is 0 Å². The van der Waals surface area contributed by atoms with Gasteiger partial charge in [-0.05, 0) is 30.2 Å². The number of carbonyl (C=O) groups excluding carboxylic acids is 1. The fourth-order valence-corrected chi connectivity index (χ4v) is 2.22. The number of carbonyl (C=O) groups is 2. The number of para-hydroxylation sites is 1. The van der Waals surface area contributed by atoms with Crippen molar-refractivity contribution in [1.29, 1.82) is 0 Å². The molecule has 0 radical (unpaired) electrons. The van der Waals surface area contributed by atoms with Crippen molar-refractivity contribution in [2.24, 2.45) is 0 Å². The summed E-state index contributed by atoms with van der Waals surface area (Å²) in [6.45, 7) is 2.06. The normalized spacial score (nSPS) is 10.3. The number of carboxylic acid groups (broad SMARTS) is 1. The van der Waals surface area contributed by atoms with Gasteiger partial charge < -0.3 is 15.0 Å². The molecule has 0 saturated heterocycles. The molecular formula is C16H18N2O3. The predicted molar refractivity (Wildman–Crippen MR) is 80.5 cm³/mol. The Labute approximate surface area is 123 Å². The molecule has 5 heteroatoms. The van der Waals surface area contributed by atoms with Crippen LogP contribution >= 0.6 is 0 Å². The van der Waals surface area contributed by atoms with Crippen LogP contribution in [0.1, 0.15) is 29.4 Å². The molecule has 0 aliphatic rings. The van der Waals surface area contributed by atoms with Gasteiger partial charge >= 0.3 is 5.97 Å². The van der Waals surface area contributed by atoms with Gasteiger partial charge in [-0.15, -0.1) is 0 Å². The summed E-state index contributed by atoms with van der Waals surface area (Å²) in [6.07, 6.45) is 3.47. The van der Waals surface area contributed by atoms with Gasteiger partial charge in [-0.3, -0.25) is 4.79 Å². The number of aryl methyl sites for hydroxylation is 1. The summed E-state index contributed by atoms with van der Waals surface area (Å²) < 4.78 is 1.42. The van der Waals surface area contributed by atoms with Crippen LogP contribution in [0.5, 0.6) is 0 Å². The van der Waals surface area contributed by atoms with E-state index in [-0.39, 0.29) is 18.1 Å². The molecule has 110 valence electrons. The van der Waals surface area contributed by atoms with E-state index in [0.717, 1.165) is 24.1 Å². The Balaban J connectivity index is 2.08. The number of carboxylic acids is 1. The Morgan fingerprint density at radius 2 is 1.95 bits per heavy atom. The van der Waals surface area contributed by atoms with Gasteiger partial charge in [0.25, 0.3) is 0 Å². The van der Waals surface area contributed by atoms with Gasteiger partial charge in [0, 0.05) is 11.9 Å². The Kier molecular flexibility index (Phi) is 4.77. The zero-order valence-corrected chi connectivity index (χ0v) is 11.9. The van der Waals surface area contributed by atoms with Crippen molar-refractivity contribution < 1.29 is 14.7 Å². The van der Waals surface area contributed by atoms with Crippen molar-refractivity contribution in [2.75, 3.05) is 5.32 Å². The molecule has 0 bridgehead atoms. The lowest BCUT2D eigenvalue weighted by Gasteiger charge is -2.11. The number of rotatable bonds is 6. The highest BCUT2D eigenvalue weighted by molar-refractivity contribution is 5.92. The molecule has 5 nitrogen and oxygen atoms in total. The van der Waals surface area contributed by atoms with Crippen LogP contribution < -0.4 is 5.32 Å². The topological polar surface area (TPSA) is 71.3 Å². The van der Waals surface area contributed by atoms with Gasteiger partial charge in [0.15, 0.2) is 0 Å². The number of anilines is 1. The van der Waals surface area contributed by atoms with Crippen LogP contribution in [0.2, 0.25) is 0 Å². The molecule has 1 aromatic heterocycles. The largest absolute Gasteiger partial charge is 0.477 e. The van der Waals surface area contributed by atoms with Crippen molar-refractivity contribution in [1.82, 2.24) is 4.57 Å². The molecule has 1 heterocycles. The van der Waals surface area contributed by atoms with Crippen LogP contribution in [0.25, 0.3) is 0 Å². The van der Waals surface area contributed by atoms with Crippen molar-refractivity contribution in [2.45, 2.75) is 26.3 Å². The van der Waals surface area contributed by atoms with Gasteiger partial charge in [0.2, 0.25) is 5.91 Å². The summed E-state index contributed by atoms with van der Waals surface area (Å²) in [6, 6.07) is 10.7. The second kappa shape index (κ2) is 6.74. The molecular weight excluding hydrogens is 268 g/mol. The van der Waals surface area contributed by atoms with Gasteiger partial charge in [-0.2, -0.15) is 0 Å². The first kappa shape index (κ1) is 14.8. The van der Waals surface area contributed by atoms with Gasteiger partial charge in [0.05, 0.1) is 0 Å². The van der Waals surface area contributed by atoms with Crippen molar-refractivity contribution in [3.63, 3.8) is 0 Å². The van der Waals surface area contributed by atoms with E-state index in [1.54, 1.807) is 12.3 Å². The van der Waals surface area contributed by atoms with E-state index in [1.807, 2.05) is 24.3 Å². The number of nitrogens with one attached hydrogen (secondary N) is 1. The summed E-state index contributed by atoms with van der Waals surface area (Å²) in [7, 11) is 0. The standard InChI is InChI=1S/C16H18N2O3/c1-2-6-12-7-3-4-8-13(12)17-15(19)11-18-10-5-9-14(18)16(20)21/h3-5,7-10H,2,6,11H2,1H3,(H,17,19)(H,20,21). The summed E-state index contributed by atoms with van der Waals surface area (Å²) in [4.78, 5) is 23.1. The quantitative estimate of drug-likeness (QED) is 0.857. The number of aromatic nitrogens is 1. The van der Waals surface area contributed by atoms with Crippen LogP contribution in [-0.2, 0) is 17.8 Å². The molecule has 2 aromatic rings. The SMILES string of the molecule is CCCc1ccccc1NC(=O)Cn1cccc1C(=O)O. The molecule has 0 saturated carbocycles. The van der Waals surface area contributed by atoms with E-state index in [0.29, 0.717) is 0 Å². The number of amides is 1. The average molecular weight is 286 g/mol. The molecule has 2 rings (SSSR count). The van der Waals surface area contributed by atoms with Crippen molar-refractivity contribution in [3.8, 4) is 0 Å². The maximum absolute atomic E-state index is 12.1. The van der Waals surface area contributed by atoms with Gasteiger partial charge in [-0.1, -0.05) is 31.5 Å². The number of benzene rings is 1. The number of nitrogens with zero attached hydrogens (tertiary/aromatic N) is 1.